The Kier molecular flexibility index (Phi) is 7.10. The summed E-state index contributed by atoms with van der Waals surface area (Å²) in [6.45, 7) is 4.42. The Morgan fingerprint density at radius 3 is 2.50 bits per heavy atom. The second kappa shape index (κ2) is 8.32. The van der Waals surface area contributed by atoms with Crippen molar-refractivity contribution in [2.24, 2.45) is 5.92 Å². The van der Waals surface area contributed by atoms with Crippen molar-refractivity contribution in [3.8, 4) is 0 Å². The number of nitrogens with one attached hydrogen (secondary N) is 1. The summed E-state index contributed by atoms with van der Waals surface area (Å²) < 4.78 is 5.02. The maximum absolute atomic E-state index is 12.3. The maximum Gasteiger partial charge on any atom is 0.331 e. The fourth-order valence-electron chi connectivity index (χ4n) is 2.02. The zero-order valence-electron chi connectivity index (χ0n) is 12.8. The number of carbonyl (C=O) groups is 1. The summed E-state index contributed by atoms with van der Waals surface area (Å²) in [6.07, 6.45) is 1.15. The zero-order valence-corrected chi connectivity index (χ0v) is 13.6. The topological polar surface area (TPSA) is 38.3 Å². The van der Waals surface area contributed by atoms with Crippen LogP contribution in [-0.4, -0.2) is 31.6 Å². The van der Waals surface area contributed by atoms with Gasteiger partial charge in [-0.3, -0.25) is 0 Å². The highest BCUT2D eigenvalue weighted by atomic mass is 32.2. The lowest BCUT2D eigenvalue weighted by molar-refractivity contribution is -0.147. The molecule has 0 aliphatic carbocycles. The highest BCUT2D eigenvalue weighted by molar-refractivity contribution is 7.99. The van der Waals surface area contributed by atoms with Crippen LogP contribution in [0.5, 0.6) is 0 Å². The monoisotopic (exact) mass is 295 g/mol. The second-order valence-electron chi connectivity index (χ2n) is 5.25. The number of likely N-dealkylation sites (N-methyl/N-ethyl adjacent to an activating group) is 1. The molecule has 0 spiro atoms. The normalized spacial score (nSPS) is 14.1. The molecule has 1 aromatic carbocycles. The van der Waals surface area contributed by atoms with Gasteiger partial charge in [-0.25, -0.2) is 4.79 Å². The number of carbonyl (C=O) groups excluding carboxylic acids is 1. The van der Waals surface area contributed by atoms with Crippen molar-refractivity contribution >= 4 is 17.7 Å². The standard InChI is InChI=1S/C16H25NO2S/c1-13(2)10-11-20-12-16(17-3,15(18)19-4)14-8-6-5-7-9-14/h5-9,13,17H,10-12H2,1-4H3. The van der Waals surface area contributed by atoms with Crippen LogP contribution in [0.4, 0.5) is 0 Å². The first-order valence-electron chi connectivity index (χ1n) is 6.97. The van der Waals surface area contributed by atoms with Gasteiger partial charge in [-0.05, 0) is 30.7 Å². The lowest BCUT2D eigenvalue weighted by Gasteiger charge is -2.31. The number of hydrogen-bond donors (Lipinski definition) is 1. The molecule has 1 unspecified atom stereocenters. The Morgan fingerprint density at radius 2 is 2.00 bits per heavy atom. The predicted octanol–water partition coefficient (Wildman–Crippen LogP) is 3.05. The number of rotatable bonds is 8. The molecule has 0 aliphatic rings. The van der Waals surface area contributed by atoms with E-state index in [1.807, 2.05) is 37.4 Å². The van der Waals surface area contributed by atoms with Crippen molar-refractivity contribution in [3.05, 3.63) is 35.9 Å². The second-order valence-corrected chi connectivity index (χ2v) is 6.35. The van der Waals surface area contributed by atoms with E-state index in [0.717, 1.165) is 17.7 Å². The minimum atomic E-state index is -0.766. The molecule has 0 fully saturated rings. The quantitative estimate of drug-likeness (QED) is 0.591. The number of methoxy groups -OCH3 is 1. The fourth-order valence-corrected chi connectivity index (χ4v) is 3.54. The minimum Gasteiger partial charge on any atom is -0.467 e. The molecule has 0 aromatic heterocycles. The summed E-state index contributed by atoms with van der Waals surface area (Å²) in [4.78, 5) is 12.3. The van der Waals surface area contributed by atoms with Gasteiger partial charge in [0.2, 0.25) is 0 Å². The van der Waals surface area contributed by atoms with E-state index in [1.54, 1.807) is 11.8 Å². The molecule has 20 heavy (non-hydrogen) atoms. The smallest absolute Gasteiger partial charge is 0.331 e. The van der Waals surface area contributed by atoms with Crippen LogP contribution in [-0.2, 0) is 15.1 Å². The third-order valence-corrected chi connectivity index (χ3v) is 4.55. The molecule has 0 radical (unpaired) electrons. The van der Waals surface area contributed by atoms with E-state index in [0.29, 0.717) is 11.7 Å². The first-order chi connectivity index (χ1) is 9.56. The van der Waals surface area contributed by atoms with Crippen LogP contribution in [0.3, 0.4) is 0 Å². The number of thioether (sulfide) groups is 1. The van der Waals surface area contributed by atoms with Gasteiger partial charge in [0, 0.05) is 5.75 Å². The van der Waals surface area contributed by atoms with Gasteiger partial charge in [0.15, 0.2) is 5.54 Å². The van der Waals surface area contributed by atoms with Gasteiger partial charge in [0.1, 0.15) is 0 Å². The highest BCUT2D eigenvalue weighted by Gasteiger charge is 2.39. The van der Waals surface area contributed by atoms with Gasteiger partial charge in [-0.1, -0.05) is 44.2 Å². The van der Waals surface area contributed by atoms with Crippen molar-refractivity contribution in [2.45, 2.75) is 25.8 Å². The molecule has 0 heterocycles. The van der Waals surface area contributed by atoms with Crippen LogP contribution in [0.15, 0.2) is 30.3 Å². The zero-order chi connectivity index (χ0) is 15.0. The van der Waals surface area contributed by atoms with Crippen LogP contribution in [0.1, 0.15) is 25.8 Å². The number of ether oxygens (including phenoxy) is 1. The Labute approximate surface area is 126 Å². The summed E-state index contributed by atoms with van der Waals surface area (Å²) in [6, 6.07) is 9.78. The van der Waals surface area contributed by atoms with Crippen LogP contribution >= 0.6 is 11.8 Å². The molecule has 1 atom stereocenters. The molecule has 0 bridgehead atoms. The first-order valence-corrected chi connectivity index (χ1v) is 8.13. The summed E-state index contributed by atoms with van der Waals surface area (Å²) in [5.41, 5.74) is 0.184. The van der Waals surface area contributed by atoms with Crippen molar-refractivity contribution in [1.82, 2.24) is 5.32 Å². The maximum atomic E-state index is 12.3. The summed E-state index contributed by atoms with van der Waals surface area (Å²) >= 11 is 1.79. The van der Waals surface area contributed by atoms with Gasteiger partial charge in [-0.2, -0.15) is 11.8 Å². The van der Waals surface area contributed by atoms with Gasteiger partial charge >= 0.3 is 5.97 Å². The molecule has 1 N–H and O–H groups in total. The average molecular weight is 295 g/mol. The molecule has 0 amide bonds. The van der Waals surface area contributed by atoms with E-state index >= 15 is 0 Å². The van der Waals surface area contributed by atoms with Crippen molar-refractivity contribution in [3.63, 3.8) is 0 Å². The molecule has 3 nitrogen and oxygen atoms in total. The van der Waals surface area contributed by atoms with Crippen LogP contribution in [0.25, 0.3) is 0 Å². The Balaban J connectivity index is 2.87. The molecular formula is C16H25NO2S. The summed E-state index contributed by atoms with van der Waals surface area (Å²) in [5.74, 6) is 2.17. The number of hydrogen-bond acceptors (Lipinski definition) is 4. The lowest BCUT2D eigenvalue weighted by Crippen LogP contribution is -2.50. The van der Waals surface area contributed by atoms with Crippen LogP contribution < -0.4 is 5.32 Å². The summed E-state index contributed by atoms with van der Waals surface area (Å²) in [5, 5.41) is 3.18. The van der Waals surface area contributed by atoms with Crippen molar-refractivity contribution in [1.29, 1.82) is 0 Å². The molecule has 4 heteroatoms. The first kappa shape index (κ1) is 17.1. The molecule has 0 aliphatic heterocycles. The van der Waals surface area contributed by atoms with E-state index in [1.165, 1.54) is 7.11 Å². The third kappa shape index (κ3) is 4.25. The molecule has 112 valence electrons. The van der Waals surface area contributed by atoms with Gasteiger partial charge in [0.05, 0.1) is 7.11 Å². The minimum absolute atomic E-state index is 0.233. The largest absolute Gasteiger partial charge is 0.467 e. The van der Waals surface area contributed by atoms with E-state index < -0.39 is 5.54 Å². The molecular weight excluding hydrogens is 270 g/mol. The van der Waals surface area contributed by atoms with E-state index in [2.05, 4.69) is 19.2 Å². The van der Waals surface area contributed by atoms with E-state index in [9.17, 15) is 4.79 Å². The lowest BCUT2D eigenvalue weighted by atomic mass is 9.92. The van der Waals surface area contributed by atoms with Gasteiger partial charge in [0.25, 0.3) is 0 Å². The predicted molar refractivity (Wildman–Crippen MR) is 86.0 cm³/mol. The SMILES string of the molecule is CNC(CSCCC(C)C)(C(=O)OC)c1ccccc1. The average Bonchev–Trinajstić information content (AvgIpc) is 2.48. The van der Waals surface area contributed by atoms with Crippen molar-refractivity contribution < 1.29 is 9.53 Å². The summed E-state index contributed by atoms with van der Waals surface area (Å²) in [7, 11) is 3.25. The van der Waals surface area contributed by atoms with Crippen molar-refractivity contribution in [2.75, 3.05) is 25.7 Å². The fraction of sp³-hybridized carbons (Fsp3) is 0.562. The number of benzene rings is 1. The number of esters is 1. The molecule has 1 rings (SSSR count). The van der Waals surface area contributed by atoms with E-state index in [-0.39, 0.29) is 5.97 Å². The van der Waals surface area contributed by atoms with Gasteiger partial charge < -0.3 is 10.1 Å². The molecule has 0 saturated heterocycles. The Hall–Kier alpha value is -1.00. The molecule has 1 aromatic rings. The van der Waals surface area contributed by atoms with Crippen LogP contribution in [0.2, 0.25) is 0 Å². The van der Waals surface area contributed by atoms with Gasteiger partial charge in [-0.15, -0.1) is 0 Å². The Morgan fingerprint density at radius 1 is 1.35 bits per heavy atom. The Bertz CT molecular complexity index is 408. The highest BCUT2D eigenvalue weighted by Crippen LogP contribution is 2.27. The third-order valence-electron chi connectivity index (χ3n) is 3.39. The van der Waals surface area contributed by atoms with E-state index in [4.69, 9.17) is 4.74 Å². The molecule has 0 saturated carbocycles. The van der Waals surface area contributed by atoms with Crippen LogP contribution in [0, 0.1) is 5.92 Å².